The van der Waals surface area contributed by atoms with Crippen molar-refractivity contribution in [3.8, 4) is 0 Å². The van der Waals surface area contributed by atoms with Crippen LogP contribution in [-0.2, 0) is 6.54 Å². The number of hydrogen-bond acceptors (Lipinski definition) is 2. The Bertz CT molecular complexity index is 1010. The molecular formula is C29H36NO2+. The van der Waals surface area contributed by atoms with E-state index in [1.807, 2.05) is 71.3 Å². The molecule has 0 N–H and O–H groups in total. The Morgan fingerprint density at radius 2 is 1.28 bits per heavy atom. The van der Waals surface area contributed by atoms with Crippen molar-refractivity contribution in [3.63, 3.8) is 0 Å². The number of unbranched alkanes of at least 4 members (excludes halogenated alkanes) is 8. The summed E-state index contributed by atoms with van der Waals surface area (Å²) in [4.78, 5) is 26.0. The molecule has 0 spiro atoms. The summed E-state index contributed by atoms with van der Waals surface area (Å²) in [6.07, 6.45) is 11.6. The lowest BCUT2D eigenvalue weighted by Crippen LogP contribution is -2.44. The number of fused-ring (bicyclic) bond motifs is 1. The standard InChI is InChI=1S/C29H36NO2/c1-2-3-4-5-6-7-8-9-13-20-28(31)27-22-21-24-16-14-15-19-26(24)30(27)23-29(32)25-17-11-10-12-18-25/h10-12,14-19,21-22H,2-9,13,20,23H2,1H3/q+1. The van der Waals surface area contributed by atoms with Gasteiger partial charge in [-0.15, -0.1) is 0 Å². The first-order chi connectivity index (χ1) is 15.7. The van der Waals surface area contributed by atoms with Crippen LogP contribution in [0.4, 0.5) is 0 Å². The fourth-order valence-electron chi connectivity index (χ4n) is 4.26. The van der Waals surface area contributed by atoms with E-state index in [9.17, 15) is 9.59 Å². The predicted octanol–water partition coefficient (Wildman–Crippen LogP) is 7.11. The predicted molar refractivity (Wildman–Crippen MR) is 131 cm³/mol. The Labute approximate surface area is 192 Å². The number of carbonyl (C=O) groups excluding carboxylic acids is 2. The van der Waals surface area contributed by atoms with Crippen LogP contribution in [0.2, 0.25) is 0 Å². The number of pyridine rings is 1. The Morgan fingerprint density at radius 3 is 2.00 bits per heavy atom. The van der Waals surface area contributed by atoms with Crippen molar-refractivity contribution in [3.05, 3.63) is 78.0 Å². The highest BCUT2D eigenvalue weighted by atomic mass is 16.1. The highest BCUT2D eigenvalue weighted by Crippen LogP contribution is 2.15. The Balaban J connectivity index is 1.63. The van der Waals surface area contributed by atoms with Gasteiger partial charge in [0.15, 0.2) is 0 Å². The highest BCUT2D eigenvalue weighted by molar-refractivity contribution is 5.97. The molecule has 0 amide bonds. The first-order valence-electron chi connectivity index (χ1n) is 12.2. The molecule has 0 unspecified atom stereocenters. The summed E-state index contributed by atoms with van der Waals surface area (Å²) in [6.45, 7) is 2.41. The summed E-state index contributed by atoms with van der Waals surface area (Å²) in [5.74, 6) is 0.142. The fraction of sp³-hybridized carbons (Fsp3) is 0.414. The normalized spacial score (nSPS) is 11.0. The monoisotopic (exact) mass is 430 g/mol. The minimum Gasteiger partial charge on any atom is -0.287 e. The lowest BCUT2D eigenvalue weighted by molar-refractivity contribution is -0.659. The van der Waals surface area contributed by atoms with Crippen molar-refractivity contribution >= 4 is 22.5 Å². The van der Waals surface area contributed by atoms with E-state index < -0.39 is 0 Å². The molecule has 2 aromatic carbocycles. The van der Waals surface area contributed by atoms with Gasteiger partial charge in [0.2, 0.25) is 29.3 Å². The number of ketones is 2. The average Bonchev–Trinajstić information content (AvgIpc) is 2.83. The van der Waals surface area contributed by atoms with E-state index in [0.717, 1.165) is 23.7 Å². The maximum atomic E-state index is 13.1. The number of aromatic nitrogens is 1. The van der Waals surface area contributed by atoms with E-state index in [-0.39, 0.29) is 18.1 Å². The SMILES string of the molecule is CCCCCCCCCCCC(=O)c1ccc2ccccc2[n+]1CC(=O)c1ccccc1. The summed E-state index contributed by atoms with van der Waals surface area (Å²) < 4.78 is 1.90. The lowest BCUT2D eigenvalue weighted by Gasteiger charge is -2.07. The zero-order valence-corrected chi connectivity index (χ0v) is 19.4. The van der Waals surface area contributed by atoms with Gasteiger partial charge in [-0.1, -0.05) is 101 Å². The van der Waals surface area contributed by atoms with Crippen LogP contribution in [0.15, 0.2) is 66.7 Å². The molecule has 168 valence electrons. The second kappa shape index (κ2) is 12.9. The molecule has 3 heteroatoms. The molecule has 32 heavy (non-hydrogen) atoms. The van der Waals surface area contributed by atoms with Crippen LogP contribution in [0.5, 0.6) is 0 Å². The van der Waals surface area contributed by atoms with Gasteiger partial charge in [0.05, 0.1) is 0 Å². The van der Waals surface area contributed by atoms with Crippen LogP contribution in [0.1, 0.15) is 92.0 Å². The van der Waals surface area contributed by atoms with Crippen molar-refractivity contribution in [2.75, 3.05) is 0 Å². The number of nitrogens with zero attached hydrogens (tertiary/aromatic N) is 1. The summed E-state index contributed by atoms with van der Waals surface area (Å²) >= 11 is 0. The molecular weight excluding hydrogens is 394 g/mol. The maximum Gasteiger partial charge on any atom is 0.249 e. The number of rotatable bonds is 14. The smallest absolute Gasteiger partial charge is 0.249 e. The third kappa shape index (κ3) is 6.85. The third-order valence-electron chi connectivity index (χ3n) is 6.13. The summed E-state index contributed by atoms with van der Waals surface area (Å²) in [6, 6.07) is 21.1. The molecule has 0 fully saturated rings. The fourth-order valence-corrected chi connectivity index (χ4v) is 4.26. The van der Waals surface area contributed by atoms with Gasteiger partial charge in [0, 0.05) is 29.5 Å². The second-order valence-corrected chi connectivity index (χ2v) is 8.65. The number of para-hydroxylation sites is 1. The van der Waals surface area contributed by atoms with E-state index in [1.54, 1.807) is 0 Å². The highest BCUT2D eigenvalue weighted by Gasteiger charge is 2.24. The van der Waals surface area contributed by atoms with Crippen molar-refractivity contribution in [1.82, 2.24) is 0 Å². The Kier molecular flexibility index (Phi) is 9.61. The summed E-state index contributed by atoms with van der Waals surface area (Å²) in [5, 5.41) is 1.04. The number of benzene rings is 2. The molecule has 1 aromatic heterocycles. The average molecular weight is 431 g/mol. The van der Waals surface area contributed by atoms with Gasteiger partial charge >= 0.3 is 0 Å². The molecule has 0 atom stereocenters. The molecule has 3 rings (SSSR count). The van der Waals surface area contributed by atoms with E-state index in [4.69, 9.17) is 0 Å². The number of carbonyl (C=O) groups is 2. The molecule has 0 bridgehead atoms. The van der Waals surface area contributed by atoms with Gasteiger partial charge < -0.3 is 0 Å². The van der Waals surface area contributed by atoms with Crippen LogP contribution in [0.25, 0.3) is 10.9 Å². The lowest BCUT2D eigenvalue weighted by atomic mass is 10.0. The van der Waals surface area contributed by atoms with E-state index in [0.29, 0.717) is 17.7 Å². The first-order valence-corrected chi connectivity index (χ1v) is 12.2. The van der Waals surface area contributed by atoms with Crippen molar-refractivity contribution in [1.29, 1.82) is 0 Å². The number of hydrogen-bond donors (Lipinski definition) is 0. The van der Waals surface area contributed by atoms with E-state index in [1.165, 1.54) is 44.9 Å². The van der Waals surface area contributed by atoms with Crippen LogP contribution < -0.4 is 4.57 Å². The molecule has 0 aliphatic heterocycles. The topological polar surface area (TPSA) is 38.0 Å². The Morgan fingerprint density at radius 1 is 0.656 bits per heavy atom. The quantitative estimate of drug-likeness (QED) is 0.155. The van der Waals surface area contributed by atoms with Crippen molar-refractivity contribution < 1.29 is 14.2 Å². The second-order valence-electron chi connectivity index (χ2n) is 8.65. The minimum atomic E-state index is 0.0177. The maximum absolute atomic E-state index is 13.1. The number of Topliss-reactive ketones (excluding diaryl/α,β-unsaturated/α-hetero) is 2. The van der Waals surface area contributed by atoms with Gasteiger partial charge in [-0.25, -0.2) is 0 Å². The molecule has 0 saturated carbocycles. The molecule has 3 aromatic rings. The molecule has 0 aliphatic carbocycles. The van der Waals surface area contributed by atoms with Gasteiger partial charge in [-0.2, -0.15) is 4.57 Å². The van der Waals surface area contributed by atoms with Crippen LogP contribution in [0.3, 0.4) is 0 Å². The van der Waals surface area contributed by atoms with E-state index in [2.05, 4.69) is 6.92 Å². The first kappa shape index (κ1) is 23.8. The summed E-state index contributed by atoms with van der Waals surface area (Å²) in [7, 11) is 0. The molecule has 3 nitrogen and oxygen atoms in total. The molecule has 1 heterocycles. The van der Waals surface area contributed by atoms with E-state index >= 15 is 0 Å². The zero-order chi connectivity index (χ0) is 22.6. The van der Waals surface area contributed by atoms with Crippen LogP contribution in [-0.4, -0.2) is 11.6 Å². The zero-order valence-electron chi connectivity index (χ0n) is 19.4. The van der Waals surface area contributed by atoms with Gasteiger partial charge in [0.25, 0.3) is 0 Å². The summed E-state index contributed by atoms with van der Waals surface area (Å²) in [5.41, 5.74) is 2.23. The molecule has 0 radical (unpaired) electrons. The van der Waals surface area contributed by atoms with Crippen molar-refractivity contribution in [2.45, 2.75) is 77.7 Å². The minimum absolute atomic E-state index is 0.0177. The van der Waals surface area contributed by atoms with Crippen LogP contribution in [0, 0.1) is 0 Å². The van der Waals surface area contributed by atoms with Gasteiger partial charge in [-0.3, -0.25) is 9.59 Å². The van der Waals surface area contributed by atoms with Gasteiger partial charge in [-0.05, 0) is 18.6 Å². The third-order valence-corrected chi connectivity index (χ3v) is 6.13. The van der Waals surface area contributed by atoms with Crippen molar-refractivity contribution in [2.24, 2.45) is 0 Å². The Hall–Kier alpha value is -2.81. The molecule has 0 aliphatic rings. The van der Waals surface area contributed by atoms with Crippen LogP contribution >= 0.6 is 0 Å². The van der Waals surface area contributed by atoms with Gasteiger partial charge in [0.1, 0.15) is 0 Å². The molecule has 0 saturated heterocycles. The largest absolute Gasteiger partial charge is 0.287 e.